The van der Waals surface area contributed by atoms with Gasteiger partial charge in [-0.15, -0.1) is 0 Å². The van der Waals surface area contributed by atoms with Crippen LogP contribution in [0.2, 0.25) is 5.02 Å². The number of piperidine rings is 1. The molecule has 0 radical (unpaired) electrons. The Labute approximate surface area is 107 Å². The van der Waals surface area contributed by atoms with Crippen LogP contribution in [0.25, 0.3) is 0 Å². The van der Waals surface area contributed by atoms with Crippen LogP contribution >= 0.6 is 11.6 Å². The van der Waals surface area contributed by atoms with Crippen molar-refractivity contribution in [2.24, 2.45) is 5.92 Å². The van der Waals surface area contributed by atoms with Crippen molar-refractivity contribution >= 4 is 17.4 Å². The number of benzene rings is 1. The Hall–Kier alpha value is -0.860. The molecule has 0 aromatic heterocycles. The number of ketones is 1. The summed E-state index contributed by atoms with van der Waals surface area (Å²) in [7, 11) is 0. The van der Waals surface area contributed by atoms with Gasteiger partial charge in [-0.05, 0) is 50.0 Å². The minimum absolute atomic E-state index is 0.216. The summed E-state index contributed by atoms with van der Waals surface area (Å²) in [5.41, 5.74) is 2.09. The molecule has 2 rings (SSSR count). The monoisotopic (exact) mass is 251 g/mol. The van der Waals surface area contributed by atoms with Gasteiger partial charge in [0.1, 0.15) is 5.78 Å². The lowest BCUT2D eigenvalue weighted by Gasteiger charge is -2.21. The van der Waals surface area contributed by atoms with E-state index in [-0.39, 0.29) is 5.92 Å². The van der Waals surface area contributed by atoms with Crippen molar-refractivity contribution in [1.29, 1.82) is 0 Å². The van der Waals surface area contributed by atoms with Gasteiger partial charge in [-0.3, -0.25) is 4.79 Å². The van der Waals surface area contributed by atoms with Crippen LogP contribution in [0.3, 0.4) is 0 Å². The fourth-order valence-corrected chi connectivity index (χ4v) is 2.57. The zero-order valence-corrected chi connectivity index (χ0v) is 10.9. The van der Waals surface area contributed by atoms with Crippen LogP contribution in [0.5, 0.6) is 0 Å². The smallest absolute Gasteiger partial charge is 0.140 e. The lowest BCUT2D eigenvalue weighted by Crippen LogP contribution is -2.32. The molecular formula is C14H18ClNO. The van der Waals surface area contributed by atoms with E-state index in [0.29, 0.717) is 17.2 Å². The summed E-state index contributed by atoms with van der Waals surface area (Å²) in [6.45, 7) is 3.92. The highest BCUT2D eigenvalue weighted by atomic mass is 35.5. The molecule has 1 heterocycles. The van der Waals surface area contributed by atoms with Crippen molar-refractivity contribution in [3.05, 3.63) is 34.3 Å². The third kappa shape index (κ3) is 3.30. The highest BCUT2D eigenvalue weighted by Gasteiger charge is 2.21. The Kier molecular flexibility index (Phi) is 4.19. The van der Waals surface area contributed by atoms with E-state index in [1.165, 1.54) is 0 Å². The quantitative estimate of drug-likeness (QED) is 0.895. The van der Waals surface area contributed by atoms with Gasteiger partial charge in [-0.2, -0.15) is 0 Å². The number of carbonyl (C=O) groups is 1. The van der Waals surface area contributed by atoms with Crippen molar-refractivity contribution < 1.29 is 4.79 Å². The fraction of sp³-hybridized carbons (Fsp3) is 0.500. The van der Waals surface area contributed by atoms with Gasteiger partial charge in [0.25, 0.3) is 0 Å². The molecule has 0 saturated carbocycles. The minimum atomic E-state index is 0.216. The van der Waals surface area contributed by atoms with E-state index < -0.39 is 0 Å². The van der Waals surface area contributed by atoms with E-state index >= 15 is 0 Å². The van der Waals surface area contributed by atoms with E-state index in [1.54, 1.807) is 0 Å². The summed E-state index contributed by atoms with van der Waals surface area (Å²) < 4.78 is 0. The second kappa shape index (κ2) is 5.65. The lowest BCUT2D eigenvalue weighted by molar-refractivity contribution is -0.122. The highest BCUT2D eigenvalue weighted by molar-refractivity contribution is 6.31. The second-order valence-corrected chi connectivity index (χ2v) is 5.17. The first-order valence-electron chi connectivity index (χ1n) is 6.15. The van der Waals surface area contributed by atoms with Crippen LogP contribution < -0.4 is 5.32 Å². The summed E-state index contributed by atoms with van der Waals surface area (Å²) in [5, 5.41) is 3.99. The molecule has 3 heteroatoms. The molecule has 1 aromatic rings. The number of Topliss-reactive ketones (excluding diaryl/α,β-unsaturated/α-hetero) is 1. The predicted octanol–water partition coefficient (Wildman–Crippen LogP) is 2.76. The molecule has 2 nitrogen and oxygen atoms in total. The van der Waals surface area contributed by atoms with Crippen LogP contribution in [0.4, 0.5) is 0 Å². The topological polar surface area (TPSA) is 29.1 Å². The van der Waals surface area contributed by atoms with Crippen molar-refractivity contribution in [2.75, 3.05) is 13.1 Å². The first-order chi connectivity index (χ1) is 8.16. The number of halogens is 1. The molecule has 17 heavy (non-hydrogen) atoms. The van der Waals surface area contributed by atoms with E-state index in [4.69, 9.17) is 11.6 Å². The molecule has 92 valence electrons. The number of rotatable bonds is 3. The molecule has 0 amide bonds. The zero-order chi connectivity index (χ0) is 12.3. The van der Waals surface area contributed by atoms with Gasteiger partial charge in [0.2, 0.25) is 0 Å². The Morgan fingerprint density at radius 1 is 1.41 bits per heavy atom. The van der Waals surface area contributed by atoms with Crippen molar-refractivity contribution in [2.45, 2.75) is 26.2 Å². The van der Waals surface area contributed by atoms with Crippen LogP contribution in [0.1, 0.15) is 24.0 Å². The van der Waals surface area contributed by atoms with Crippen molar-refractivity contribution in [1.82, 2.24) is 5.32 Å². The van der Waals surface area contributed by atoms with Gasteiger partial charge < -0.3 is 5.32 Å². The lowest BCUT2D eigenvalue weighted by atomic mass is 9.90. The van der Waals surface area contributed by atoms with Gasteiger partial charge in [0.15, 0.2) is 0 Å². The van der Waals surface area contributed by atoms with E-state index in [1.807, 2.05) is 25.1 Å². The average Bonchev–Trinajstić information content (AvgIpc) is 2.34. The van der Waals surface area contributed by atoms with Crippen LogP contribution in [0.15, 0.2) is 18.2 Å². The van der Waals surface area contributed by atoms with Crippen LogP contribution in [0, 0.1) is 12.8 Å². The zero-order valence-electron chi connectivity index (χ0n) is 10.1. The molecule has 1 saturated heterocycles. The Balaban J connectivity index is 2.02. The molecule has 0 atom stereocenters. The standard InChI is InChI=1S/C14H18ClNO/c1-10-2-3-12(13(15)8-10)9-14(17)11-4-6-16-7-5-11/h2-3,8,11,16H,4-7,9H2,1H3. The maximum Gasteiger partial charge on any atom is 0.140 e. The number of hydrogen-bond acceptors (Lipinski definition) is 2. The van der Waals surface area contributed by atoms with Crippen LogP contribution in [-0.4, -0.2) is 18.9 Å². The Morgan fingerprint density at radius 3 is 2.76 bits per heavy atom. The maximum atomic E-state index is 12.1. The first-order valence-corrected chi connectivity index (χ1v) is 6.53. The second-order valence-electron chi connectivity index (χ2n) is 4.76. The molecule has 1 aliphatic rings. The molecular weight excluding hydrogens is 234 g/mol. The van der Waals surface area contributed by atoms with Gasteiger partial charge in [0.05, 0.1) is 0 Å². The van der Waals surface area contributed by atoms with Crippen LogP contribution in [-0.2, 0) is 11.2 Å². The summed E-state index contributed by atoms with van der Waals surface area (Å²) in [6, 6.07) is 5.90. The van der Waals surface area contributed by atoms with Crippen molar-refractivity contribution in [3.8, 4) is 0 Å². The largest absolute Gasteiger partial charge is 0.317 e. The fourth-order valence-electron chi connectivity index (χ4n) is 2.27. The number of carbonyl (C=O) groups excluding carboxylic acids is 1. The maximum absolute atomic E-state index is 12.1. The van der Waals surface area contributed by atoms with E-state index in [9.17, 15) is 4.79 Å². The van der Waals surface area contributed by atoms with E-state index in [0.717, 1.165) is 37.1 Å². The molecule has 0 aliphatic carbocycles. The van der Waals surface area contributed by atoms with Gasteiger partial charge in [0, 0.05) is 17.4 Å². The number of nitrogens with one attached hydrogen (secondary N) is 1. The molecule has 0 spiro atoms. The normalized spacial score (nSPS) is 17.1. The Morgan fingerprint density at radius 2 is 2.12 bits per heavy atom. The van der Waals surface area contributed by atoms with E-state index in [2.05, 4.69) is 5.32 Å². The Bertz CT molecular complexity index is 411. The van der Waals surface area contributed by atoms with Gasteiger partial charge in [-0.25, -0.2) is 0 Å². The summed E-state index contributed by atoms with van der Waals surface area (Å²) in [5.74, 6) is 0.547. The average molecular weight is 252 g/mol. The summed E-state index contributed by atoms with van der Waals surface area (Å²) >= 11 is 6.15. The molecule has 0 unspecified atom stereocenters. The van der Waals surface area contributed by atoms with Crippen molar-refractivity contribution in [3.63, 3.8) is 0 Å². The third-order valence-electron chi connectivity index (χ3n) is 3.37. The summed E-state index contributed by atoms with van der Waals surface area (Å²) in [4.78, 5) is 12.1. The molecule has 1 aromatic carbocycles. The van der Waals surface area contributed by atoms with Gasteiger partial charge >= 0.3 is 0 Å². The molecule has 1 fully saturated rings. The number of aryl methyl sites for hydroxylation is 1. The molecule has 0 bridgehead atoms. The minimum Gasteiger partial charge on any atom is -0.317 e. The SMILES string of the molecule is Cc1ccc(CC(=O)C2CCNCC2)c(Cl)c1. The predicted molar refractivity (Wildman–Crippen MR) is 70.5 cm³/mol. The van der Waals surface area contributed by atoms with Gasteiger partial charge in [-0.1, -0.05) is 23.7 Å². The highest BCUT2D eigenvalue weighted by Crippen LogP contribution is 2.21. The first kappa shape index (κ1) is 12.6. The third-order valence-corrected chi connectivity index (χ3v) is 3.72. The number of hydrogen-bond donors (Lipinski definition) is 1. The molecule has 1 aliphatic heterocycles. The molecule has 1 N–H and O–H groups in total. The summed E-state index contributed by atoms with van der Waals surface area (Å²) in [6.07, 6.45) is 2.40.